The molecule has 4 rings (SSSR count). The van der Waals surface area contributed by atoms with Gasteiger partial charge < -0.3 is 4.74 Å². The van der Waals surface area contributed by atoms with E-state index >= 15 is 0 Å². The van der Waals surface area contributed by atoms with Crippen LogP contribution in [0.15, 0.2) is 53.7 Å². The molecule has 1 aromatic carbocycles. The number of hydrogen-bond donors (Lipinski definition) is 0. The van der Waals surface area contributed by atoms with Crippen LogP contribution in [0.4, 0.5) is 0 Å². The van der Waals surface area contributed by atoms with Crippen molar-refractivity contribution in [2.45, 2.75) is 30.8 Å². The second-order valence-corrected chi connectivity index (χ2v) is 8.46. The fraction of sp³-hybridized carbons (Fsp3) is 0.316. The van der Waals surface area contributed by atoms with E-state index in [2.05, 4.69) is 15.0 Å². The molecular weight excluding hydrogens is 364 g/mol. The molecule has 1 aliphatic heterocycles. The number of sulfonamides is 1. The molecule has 0 saturated carbocycles. The summed E-state index contributed by atoms with van der Waals surface area (Å²) in [4.78, 5) is 12.8. The minimum atomic E-state index is -3.68. The van der Waals surface area contributed by atoms with Gasteiger partial charge in [0.05, 0.1) is 12.1 Å². The average Bonchev–Trinajstić information content (AvgIpc) is 2.68. The molecule has 7 nitrogen and oxygen atoms in total. The topological polar surface area (TPSA) is 85.3 Å². The molecule has 0 N–H and O–H groups in total. The summed E-state index contributed by atoms with van der Waals surface area (Å²) in [6.45, 7) is 2.58. The maximum absolute atomic E-state index is 13.3. The molecule has 1 saturated heterocycles. The Morgan fingerprint density at radius 2 is 1.93 bits per heavy atom. The molecule has 27 heavy (non-hydrogen) atoms. The zero-order chi connectivity index (χ0) is 18.9. The van der Waals surface area contributed by atoms with E-state index in [1.54, 1.807) is 30.6 Å². The molecule has 1 atom stereocenters. The fourth-order valence-corrected chi connectivity index (χ4v) is 4.95. The highest BCUT2D eigenvalue weighted by molar-refractivity contribution is 7.89. The van der Waals surface area contributed by atoms with E-state index in [0.717, 1.165) is 17.5 Å². The number of fused-ring (bicyclic) bond motifs is 1. The van der Waals surface area contributed by atoms with Crippen LogP contribution in [0.1, 0.15) is 18.5 Å². The third kappa shape index (κ3) is 3.63. The summed E-state index contributed by atoms with van der Waals surface area (Å²) in [6, 6.07) is 11.0. The van der Waals surface area contributed by atoms with Gasteiger partial charge in [-0.1, -0.05) is 18.2 Å². The first-order chi connectivity index (χ1) is 13.0. The number of pyridine rings is 1. The molecule has 0 amide bonds. The molecule has 0 aliphatic carbocycles. The molecule has 3 heterocycles. The van der Waals surface area contributed by atoms with E-state index in [1.165, 1.54) is 4.31 Å². The molecule has 1 unspecified atom stereocenters. The summed E-state index contributed by atoms with van der Waals surface area (Å²) < 4.78 is 33.9. The minimum Gasteiger partial charge on any atom is -0.459 e. The van der Waals surface area contributed by atoms with E-state index in [4.69, 9.17) is 4.74 Å². The number of nitrogens with zero attached hydrogens (tertiary/aromatic N) is 4. The Balaban J connectivity index is 1.63. The van der Waals surface area contributed by atoms with Gasteiger partial charge in [-0.05, 0) is 38.0 Å². The number of benzene rings is 1. The number of rotatable bonds is 4. The van der Waals surface area contributed by atoms with Gasteiger partial charge in [0.2, 0.25) is 10.0 Å². The SMILES string of the molecule is Cc1ccc2cccc(S(=O)(=O)N3CCCC(Oc4ncccn4)C3)c2n1. The van der Waals surface area contributed by atoms with Crippen LogP contribution in [0.25, 0.3) is 10.9 Å². The van der Waals surface area contributed by atoms with Gasteiger partial charge in [0.15, 0.2) is 0 Å². The van der Waals surface area contributed by atoms with Crippen LogP contribution in [0, 0.1) is 6.92 Å². The van der Waals surface area contributed by atoms with Crippen molar-refractivity contribution in [1.82, 2.24) is 19.3 Å². The van der Waals surface area contributed by atoms with Crippen LogP contribution in [-0.4, -0.2) is 46.9 Å². The Morgan fingerprint density at radius 3 is 2.74 bits per heavy atom. The monoisotopic (exact) mass is 384 g/mol. The van der Waals surface area contributed by atoms with Crippen molar-refractivity contribution in [1.29, 1.82) is 0 Å². The molecule has 0 bridgehead atoms. The molecule has 2 aromatic heterocycles. The molecule has 0 radical (unpaired) electrons. The lowest BCUT2D eigenvalue weighted by Gasteiger charge is -2.31. The van der Waals surface area contributed by atoms with Crippen molar-refractivity contribution in [3.8, 4) is 6.01 Å². The third-order valence-corrected chi connectivity index (χ3v) is 6.49. The van der Waals surface area contributed by atoms with Gasteiger partial charge in [0, 0.05) is 30.0 Å². The summed E-state index contributed by atoms with van der Waals surface area (Å²) in [6.07, 6.45) is 4.40. The lowest BCUT2D eigenvalue weighted by atomic mass is 10.1. The van der Waals surface area contributed by atoms with Crippen LogP contribution in [0.2, 0.25) is 0 Å². The van der Waals surface area contributed by atoms with E-state index in [9.17, 15) is 8.42 Å². The molecule has 8 heteroatoms. The first-order valence-corrected chi connectivity index (χ1v) is 10.3. The smallest absolute Gasteiger partial charge is 0.316 e. The summed E-state index contributed by atoms with van der Waals surface area (Å²) in [5.41, 5.74) is 1.29. The Labute approximate surface area is 158 Å². The maximum Gasteiger partial charge on any atom is 0.316 e. The lowest BCUT2D eigenvalue weighted by molar-refractivity contribution is 0.119. The zero-order valence-corrected chi connectivity index (χ0v) is 15.8. The fourth-order valence-electron chi connectivity index (χ4n) is 3.28. The van der Waals surface area contributed by atoms with Crippen molar-refractivity contribution >= 4 is 20.9 Å². The van der Waals surface area contributed by atoms with Gasteiger partial charge in [-0.3, -0.25) is 4.98 Å². The van der Waals surface area contributed by atoms with Crippen LogP contribution in [-0.2, 0) is 10.0 Å². The van der Waals surface area contributed by atoms with Crippen LogP contribution in [0.5, 0.6) is 6.01 Å². The van der Waals surface area contributed by atoms with Crippen LogP contribution >= 0.6 is 0 Å². The molecule has 0 spiro atoms. The Kier molecular flexibility index (Phi) is 4.75. The van der Waals surface area contributed by atoms with Gasteiger partial charge in [-0.25, -0.2) is 18.4 Å². The summed E-state index contributed by atoms with van der Waals surface area (Å²) in [5.74, 6) is 0. The number of aryl methyl sites for hydroxylation is 1. The highest BCUT2D eigenvalue weighted by Gasteiger charge is 2.32. The summed E-state index contributed by atoms with van der Waals surface area (Å²) in [7, 11) is -3.68. The standard InChI is InChI=1S/C19H20N4O3S/c1-14-8-9-15-5-2-7-17(18(15)22-14)27(24,25)23-12-3-6-16(13-23)26-19-20-10-4-11-21-19/h2,4-5,7-11,16H,3,6,12-13H2,1H3. The second-order valence-electron chi connectivity index (χ2n) is 6.56. The van der Waals surface area contributed by atoms with Crippen molar-refractivity contribution < 1.29 is 13.2 Å². The van der Waals surface area contributed by atoms with Crippen molar-refractivity contribution in [3.63, 3.8) is 0 Å². The Morgan fingerprint density at radius 1 is 1.11 bits per heavy atom. The van der Waals surface area contributed by atoms with E-state index in [1.807, 2.05) is 25.1 Å². The van der Waals surface area contributed by atoms with Gasteiger partial charge in [-0.15, -0.1) is 0 Å². The second kappa shape index (κ2) is 7.21. The molecule has 140 valence electrons. The zero-order valence-electron chi connectivity index (χ0n) is 14.9. The van der Waals surface area contributed by atoms with E-state index in [-0.39, 0.29) is 23.6 Å². The Bertz CT molecular complexity index is 1060. The lowest BCUT2D eigenvalue weighted by Crippen LogP contribution is -2.44. The van der Waals surface area contributed by atoms with E-state index < -0.39 is 10.0 Å². The quantitative estimate of drug-likeness (QED) is 0.687. The number of para-hydroxylation sites is 1. The minimum absolute atomic E-state index is 0.236. The summed E-state index contributed by atoms with van der Waals surface area (Å²) in [5, 5.41) is 0.809. The highest BCUT2D eigenvalue weighted by Crippen LogP contribution is 2.27. The number of piperidine rings is 1. The third-order valence-electron chi connectivity index (χ3n) is 4.60. The van der Waals surface area contributed by atoms with Crippen molar-refractivity contribution in [2.75, 3.05) is 13.1 Å². The molecular formula is C19H20N4O3S. The van der Waals surface area contributed by atoms with Gasteiger partial charge in [-0.2, -0.15) is 4.31 Å². The largest absolute Gasteiger partial charge is 0.459 e. The number of aromatic nitrogens is 3. The number of hydrogen-bond acceptors (Lipinski definition) is 6. The molecule has 1 fully saturated rings. The molecule has 1 aliphatic rings. The van der Waals surface area contributed by atoms with Gasteiger partial charge in [0.1, 0.15) is 11.0 Å². The average molecular weight is 384 g/mol. The first kappa shape index (κ1) is 17.8. The first-order valence-electron chi connectivity index (χ1n) is 8.84. The summed E-state index contributed by atoms with van der Waals surface area (Å²) >= 11 is 0. The van der Waals surface area contributed by atoms with Gasteiger partial charge in [0.25, 0.3) is 0 Å². The van der Waals surface area contributed by atoms with Crippen LogP contribution in [0.3, 0.4) is 0 Å². The number of ether oxygens (including phenoxy) is 1. The Hall–Kier alpha value is -2.58. The predicted octanol–water partition coefficient (Wildman–Crippen LogP) is 2.57. The van der Waals surface area contributed by atoms with Gasteiger partial charge >= 0.3 is 6.01 Å². The normalized spacial score (nSPS) is 18.5. The predicted molar refractivity (Wildman–Crippen MR) is 101 cm³/mol. The van der Waals surface area contributed by atoms with Crippen LogP contribution < -0.4 is 4.74 Å². The maximum atomic E-state index is 13.3. The molecule has 3 aromatic rings. The highest BCUT2D eigenvalue weighted by atomic mass is 32.2. The van der Waals surface area contributed by atoms with Crippen molar-refractivity contribution in [2.24, 2.45) is 0 Å². The van der Waals surface area contributed by atoms with E-state index in [0.29, 0.717) is 18.5 Å². The van der Waals surface area contributed by atoms with Crippen molar-refractivity contribution in [3.05, 3.63) is 54.5 Å².